The molecule has 0 aliphatic heterocycles. The van der Waals surface area contributed by atoms with Gasteiger partial charge in [0.2, 0.25) is 0 Å². The van der Waals surface area contributed by atoms with E-state index in [0.717, 1.165) is 5.56 Å². The van der Waals surface area contributed by atoms with Crippen molar-refractivity contribution in [3.05, 3.63) is 36.3 Å². The quantitative estimate of drug-likeness (QED) is 0.864. The first-order chi connectivity index (χ1) is 7.72. The van der Waals surface area contributed by atoms with E-state index in [2.05, 4.69) is 10.1 Å². The highest BCUT2D eigenvalue weighted by atomic mass is 19.3. The van der Waals surface area contributed by atoms with Crippen molar-refractivity contribution >= 4 is 0 Å². The van der Waals surface area contributed by atoms with Gasteiger partial charge in [0, 0.05) is 24.5 Å². The van der Waals surface area contributed by atoms with Crippen molar-refractivity contribution in [2.75, 3.05) is 0 Å². The summed E-state index contributed by atoms with van der Waals surface area (Å²) >= 11 is 0. The summed E-state index contributed by atoms with van der Waals surface area (Å²) in [4.78, 5) is 3.85. The number of rotatable bonds is 3. The van der Waals surface area contributed by atoms with Crippen LogP contribution in [0.5, 0.6) is 0 Å². The lowest BCUT2D eigenvalue weighted by atomic mass is 10.2. The van der Waals surface area contributed by atoms with Crippen LogP contribution in [-0.2, 0) is 6.54 Å². The SMILES string of the molecule is NCc1cc(-c2ccncc2)nn1C(F)F. The molecule has 6 heteroatoms. The van der Waals surface area contributed by atoms with Crippen molar-refractivity contribution in [3.63, 3.8) is 0 Å². The maximum Gasteiger partial charge on any atom is 0.333 e. The lowest BCUT2D eigenvalue weighted by Gasteiger charge is -2.02. The maximum atomic E-state index is 12.6. The third-order valence-corrected chi connectivity index (χ3v) is 2.18. The Morgan fingerprint density at radius 3 is 2.50 bits per heavy atom. The third kappa shape index (κ3) is 1.92. The van der Waals surface area contributed by atoms with Crippen LogP contribution >= 0.6 is 0 Å². The van der Waals surface area contributed by atoms with Gasteiger partial charge in [-0.05, 0) is 18.2 Å². The molecule has 2 aromatic rings. The van der Waals surface area contributed by atoms with Crippen molar-refractivity contribution in [2.45, 2.75) is 13.1 Å². The van der Waals surface area contributed by atoms with Gasteiger partial charge < -0.3 is 5.73 Å². The fourth-order valence-electron chi connectivity index (χ4n) is 1.42. The fraction of sp³-hybridized carbons (Fsp3) is 0.200. The molecule has 0 radical (unpaired) electrons. The van der Waals surface area contributed by atoms with Crippen LogP contribution in [0.25, 0.3) is 11.3 Å². The molecule has 0 aromatic carbocycles. The number of pyridine rings is 1. The van der Waals surface area contributed by atoms with Crippen LogP contribution in [0.2, 0.25) is 0 Å². The van der Waals surface area contributed by atoms with Crippen LogP contribution in [0, 0.1) is 0 Å². The van der Waals surface area contributed by atoms with E-state index in [1.165, 1.54) is 0 Å². The Morgan fingerprint density at radius 2 is 2.00 bits per heavy atom. The largest absolute Gasteiger partial charge is 0.333 e. The first-order valence-corrected chi connectivity index (χ1v) is 4.69. The molecule has 16 heavy (non-hydrogen) atoms. The van der Waals surface area contributed by atoms with Crippen molar-refractivity contribution in [3.8, 4) is 11.3 Å². The summed E-state index contributed by atoms with van der Waals surface area (Å²) < 4.78 is 25.8. The van der Waals surface area contributed by atoms with E-state index in [9.17, 15) is 8.78 Å². The molecular formula is C10H10F2N4. The third-order valence-electron chi connectivity index (χ3n) is 2.18. The number of alkyl halides is 2. The molecule has 0 spiro atoms. The maximum absolute atomic E-state index is 12.6. The van der Waals surface area contributed by atoms with Gasteiger partial charge in [0.05, 0.1) is 11.4 Å². The molecule has 2 aromatic heterocycles. The highest BCUT2D eigenvalue weighted by Gasteiger charge is 2.14. The summed E-state index contributed by atoms with van der Waals surface area (Å²) in [6.45, 7) is -2.64. The van der Waals surface area contributed by atoms with E-state index in [0.29, 0.717) is 16.1 Å². The molecule has 0 unspecified atom stereocenters. The minimum absolute atomic E-state index is 0.0302. The van der Waals surface area contributed by atoms with Gasteiger partial charge in [-0.1, -0.05) is 0 Å². The summed E-state index contributed by atoms with van der Waals surface area (Å²) in [6, 6.07) is 4.97. The van der Waals surface area contributed by atoms with Crippen LogP contribution in [-0.4, -0.2) is 14.8 Å². The molecule has 0 atom stereocenters. The highest BCUT2D eigenvalue weighted by Crippen LogP contribution is 2.21. The lowest BCUT2D eigenvalue weighted by molar-refractivity contribution is 0.0537. The lowest BCUT2D eigenvalue weighted by Crippen LogP contribution is -2.09. The normalized spacial score (nSPS) is 11.0. The van der Waals surface area contributed by atoms with E-state index < -0.39 is 6.55 Å². The molecule has 2 N–H and O–H groups in total. The summed E-state index contributed by atoms with van der Waals surface area (Å²) in [7, 11) is 0. The van der Waals surface area contributed by atoms with E-state index in [4.69, 9.17) is 5.73 Å². The minimum atomic E-state index is -2.67. The van der Waals surface area contributed by atoms with E-state index >= 15 is 0 Å². The predicted octanol–water partition coefficient (Wildman–Crippen LogP) is 1.80. The number of hydrogen-bond donors (Lipinski definition) is 1. The summed E-state index contributed by atoms with van der Waals surface area (Å²) in [5.74, 6) is 0. The van der Waals surface area contributed by atoms with Crippen LogP contribution in [0.1, 0.15) is 12.2 Å². The highest BCUT2D eigenvalue weighted by molar-refractivity contribution is 5.58. The average molecular weight is 224 g/mol. The molecule has 0 saturated heterocycles. The Bertz CT molecular complexity index is 467. The van der Waals surface area contributed by atoms with Crippen LogP contribution in [0.4, 0.5) is 8.78 Å². The van der Waals surface area contributed by atoms with Crippen molar-refractivity contribution < 1.29 is 8.78 Å². The summed E-state index contributed by atoms with van der Waals surface area (Å²) in [5, 5.41) is 3.81. The molecule has 2 heterocycles. The standard InChI is InChI=1S/C10H10F2N4/c11-10(12)16-8(6-13)5-9(15-16)7-1-3-14-4-2-7/h1-5,10H,6,13H2. The number of hydrogen-bond acceptors (Lipinski definition) is 3. The molecule has 0 bridgehead atoms. The van der Waals surface area contributed by atoms with Crippen molar-refractivity contribution in [2.24, 2.45) is 5.73 Å². The van der Waals surface area contributed by atoms with Gasteiger partial charge in [0.1, 0.15) is 0 Å². The van der Waals surface area contributed by atoms with Crippen LogP contribution in [0.3, 0.4) is 0 Å². The topological polar surface area (TPSA) is 56.7 Å². The second kappa shape index (κ2) is 4.36. The molecule has 0 fully saturated rings. The predicted molar refractivity (Wildman–Crippen MR) is 54.6 cm³/mol. The Hall–Kier alpha value is -1.82. The molecule has 0 aliphatic carbocycles. The van der Waals surface area contributed by atoms with Gasteiger partial charge in [-0.15, -0.1) is 0 Å². The fourth-order valence-corrected chi connectivity index (χ4v) is 1.42. The second-order valence-corrected chi connectivity index (χ2v) is 3.18. The Labute approximate surface area is 90.7 Å². The van der Waals surface area contributed by atoms with E-state index in [1.807, 2.05) is 0 Å². The summed E-state index contributed by atoms with van der Waals surface area (Å²) in [5.41, 5.74) is 6.90. The Kier molecular flexibility index (Phi) is 2.91. The zero-order valence-corrected chi connectivity index (χ0v) is 8.35. The van der Waals surface area contributed by atoms with Gasteiger partial charge in [-0.25, -0.2) is 4.68 Å². The van der Waals surface area contributed by atoms with Crippen molar-refractivity contribution in [1.29, 1.82) is 0 Å². The monoisotopic (exact) mass is 224 g/mol. The smallest absolute Gasteiger partial charge is 0.325 e. The second-order valence-electron chi connectivity index (χ2n) is 3.18. The zero-order chi connectivity index (χ0) is 11.5. The van der Waals surface area contributed by atoms with Gasteiger partial charge in [0.25, 0.3) is 0 Å². The molecule has 84 valence electrons. The molecule has 0 aliphatic rings. The number of aromatic nitrogens is 3. The molecule has 4 nitrogen and oxygen atoms in total. The van der Waals surface area contributed by atoms with Crippen LogP contribution in [0.15, 0.2) is 30.6 Å². The van der Waals surface area contributed by atoms with Gasteiger partial charge in [0.15, 0.2) is 0 Å². The van der Waals surface area contributed by atoms with Crippen LogP contribution < -0.4 is 5.73 Å². The van der Waals surface area contributed by atoms with Gasteiger partial charge in [-0.2, -0.15) is 13.9 Å². The Balaban J connectivity index is 2.44. The number of halogens is 2. The van der Waals surface area contributed by atoms with Gasteiger partial charge >= 0.3 is 6.55 Å². The number of nitrogens with two attached hydrogens (primary N) is 1. The number of nitrogens with zero attached hydrogens (tertiary/aromatic N) is 3. The van der Waals surface area contributed by atoms with Gasteiger partial charge in [-0.3, -0.25) is 4.98 Å². The molecule has 2 rings (SSSR count). The molecule has 0 saturated carbocycles. The Morgan fingerprint density at radius 1 is 1.31 bits per heavy atom. The zero-order valence-electron chi connectivity index (χ0n) is 8.35. The molecular weight excluding hydrogens is 214 g/mol. The first-order valence-electron chi connectivity index (χ1n) is 4.69. The van der Waals surface area contributed by atoms with E-state index in [1.54, 1.807) is 30.6 Å². The molecule has 0 amide bonds. The minimum Gasteiger partial charge on any atom is -0.325 e. The summed E-state index contributed by atoms with van der Waals surface area (Å²) in [6.07, 6.45) is 3.16. The first kappa shape index (κ1) is 10.7. The average Bonchev–Trinajstić information content (AvgIpc) is 2.74. The van der Waals surface area contributed by atoms with Crippen molar-refractivity contribution in [1.82, 2.24) is 14.8 Å². The van der Waals surface area contributed by atoms with E-state index in [-0.39, 0.29) is 6.54 Å².